The molecule has 2 saturated heterocycles. The van der Waals surface area contributed by atoms with Crippen LogP contribution in [0.25, 0.3) is 0 Å². The number of nitrogens with two attached hydrogens (primary N) is 1. The quantitative estimate of drug-likeness (QED) is 0.769. The predicted molar refractivity (Wildman–Crippen MR) is 63.3 cm³/mol. The predicted octanol–water partition coefficient (Wildman–Crippen LogP) is 1.14. The average Bonchev–Trinajstić information content (AvgIpc) is 2.77. The lowest BCUT2D eigenvalue weighted by Crippen LogP contribution is -2.40. The molecule has 0 spiro atoms. The van der Waals surface area contributed by atoms with Crippen LogP contribution in [0.3, 0.4) is 0 Å². The van der Waals surface area contributed by atoms with Crippen molar-refractivity contribution >= 4 is 11.5 Å². The Morgan fingerprint density at radius 2 is 2.19 bits per heavy atom. The molecule has 3 heterocycles. The monoisotopic (exact) mass is 219 g/mol. The zero-order valence-corrected chi connectivity index (χ0v) is 9.30. The Balaban J connectivity index is 1.74. The Bertz CT molecular complexity index is 365. The lowest BCUT2D eigenvalue weighted by atomic mass is 9.89. The van der Waals surface area contributed by atoms with Crippen LogP contribution in [0.1, 0.15) is 6.42 Å². The Morgan fingerprint density at radius 1 is 1.31 bits per heavy atom. The molecule has 1 aromatic rings. The minimum atomic E-state index is 0.688. The maximum absolute atomic E-state index is 5.64. The van der Waals surface area contributed by atoms with E-state index in [4.69, 9.17) is 10.5 Å². The van der Waals surface area contributed by atoms with Gasteiger partial charge in [-0.2, -0.15) is 0 Å². The van der Waals surface area contributed by atoms with Gasteiger partial charge in [0.25, 0.3) is 0 Å². The fourth-order valence-electron chi connectivity index (χ4n) is 2.65. The molecule has 0 bridgehead atoms. The molecular formula is C12H17N3O. The second-order valence-electron chi connectivity index (χ2n) is 4.74. The third-order valence-electron chi connectivity index (χ3n) is 3.65. The molecule has 2 aliphatic heterocycles. The van der Waals surface area contributed by atoms with E-state index in [1.807, 2.05) is 12.1 Å². The van der Waals surface area contributed by atoms with Gasteiger partial charge in [0, 0.05) is 25.6 Å². The fourth-order valence-corrected chi connectivity index (χ4v) is 2.65. The average molecular weight is 219 g/mol. The summed E-state index contributed by atoms with van der Waals surface area (Å²) in [6.07, 6.45) is 2.95. The molecule has 2 fully saturated rings. The van der Waals surface area contributed by atoms with Crippen molar-refractivity contribution in [3.63, 3.8) is 0 Å². The highest BCUT2D eigenvalue weighted by Crippen LogP contribution is 2.31. The first kappa shape index (κ1) is 9.90. The van der Waals surface area contributed by atoms with Crippen LogP contribution < -0.4 is 10.6 Å². The molecule has 1 aromatic heterocycles. The first-order valence-corrected chi connectivity index (χ1v) is 5.87. The number of nitrogen functional groups attached to an aromatic ring is 1. The highest BCUT2D eigenvalue weighted by Gasteiger charge is 2.34. The first-order valence-electron chi connectivity index (χ1n) is 5.87. The Morgan fingerprint density at radius 3 is 3.00 bits per heavy atom. The van der Waals surface area contributed by atoms with Crippen molar-refractivity contribution in [3.05, 3.63) is 18.3 Å². The van der Waals surface area contributed by atoms with Gasteiger partial charge in [0.05, 0.1) is 18.5 Å². The van der Waals surface area contributed by atoms with E-state index in [9.17, 15) is 0 Å². The van der Waals surface area contributed by atoms with E-state index in [0.717, 1.165) is 43.7 Å². The molecule has 0 amide bonds. The Labute approximate surface area is 95.4 Å². The second-order valence-corrected chi connectivity index (χ2v) is 4.74. The van der Waals surface area contributed by atoms with Crippen molar-refractivity contribution in [1.82, 2.24) is 4.98 Å². The van der Waals surface area contributed by atoms with Crippen LogP contribution in [0.5, 0.6) is 0 Å². The van der Waals surface area contributed by atoms with Gasteiger partial charge in [-0.1, -0.05) is 0 Å². The molecule has 4 nitrogen and oxygen atoms in total. The maximum atomic E-state index is 5.64. The van der Waals surface area contributed by atoms with Crippen molar-refractivity contribution in [2.24, 2.45) is 11.8 Å². The topological polar surface area (TPSA) is 51.4 Å². The van der Waals surface area contributed by atoms with Gasteiger partial charge in [0.2, 0.25) is 0 Å². The number of rotatable bonds is 1. The molecular weight excluding hydrogens is 202 g/mol. The van der Waals surface area contributed by atoms with Gasteiger partial charge in [0.1, 0.15) is 5.82 Å². The lowest BCUT2D eigenvalue weighted by molar-refractivity contribution is 0.182. The van der Waals surface area contributed by atoms with Crippen molar-refractivity contribution in [3.8, 4) is 0 Å². The van der Waals surface area contributed by atoms with Crippen molar-refractivity contribution in [2.45, 2.75) is 6.42 Å². The van der Waals surface area contributed by atoms with Gasteiger partial charge in [0.15, 0.2) is 0 Å². The summed E-state index contributed by atoms with van der Waals surface area (Å²) < 4.78 is 5.53. The van der Waals surface area contributed by atoms with E-state index < -0.39 is 0 Å². The van der Waals surface area contributed by atoms with E-state index in [1.165, 1.54) is 6.42 Å². The minimum absolute atomic E-state index is 0.688. The number of nitrogens with zero attached hydrogens (tertiary/aromatic N) is 2. The zero-order valence-electron chi connectivity index (χ0n) is 9.30. The summed E-state index contributed by atoms with van der Waals surface area (Å²) in [6.45, 7) is 4.02. The summed E-state index contributed by atoms with van der Waals surface area (Å²) in [5.74, 6) is 2.50. The van der Waals surface area contributed by atoms with Crippen molar-refractivity contribution in [1.29, 1.82) is 0 Å². The molecule has 0 unspecified atom stereocenters. The maximum Gasteiger partial charge on any atom is 0.128 e. The van der Waals surface area contributed by atoms with E-state index >= 15 is 0 Å². The van der Waals surface area contributed by atoms with Gasteiger partial charge >= 0.3 is 0 Å². The van der Waals surface area contributed by atoms with Gasteiger partial charge in [-0.05, 0) is 24.5 Å². The summed E-state index contributed by atoms with van der Waals surface area (Å²) >= 11 is 0. The molecule has 0 aliphatic carbocycles. The third-order valence-corrected chi connectivity index (χ3v) is 3.65. The van der Waals surface area contributed by atoms with Crippen LogP contribution in [0.2, 0.25) is 0 Å². The first-order chi connectivity index (χ1) is 7.83. The molecule has 2 atom stereocenters. The SMILES string of the molecule is Nc1ccc(N2CC[C@H]3COC[C@H]3C2)nc1. The van der Waals surface area contributed by atoms with Crippen molar-refractivity contribution in [2.75, 3.05) is 36.9 Å². The number of hydrogen-bond donors (Lipinski definition) is 1. The number of pyridine rings is 1. The highest BCUT2D eigenvalue weighted by atomic mass is 16.5. The van der Waals surface area contributed by atoms with Crippen LogP contribution in [0.4, 0.5) is 11.5 Å². The smallest absolute Gasteiger partial charge is 0.128 e. The molecule has 16 heavy (non-hydrogen) atoms. The summed E-state index contributed by atoms with van der Waals surface area (Å²) in [5, 5.41) is 0. The summed E-state index contributed by atoms with van der Waals surface area (Å²) in [6, 6.07) is 3.92. The molecule has 86 valence electrons. The highest BCUT2D eigenvalue weighted by molar-refractivity contribution is 5.46. The summed E-state index contributed by atoms with van der Waals surface area (Å²) in [5.41, 5.74) is 6.37. The Kier molecular flexibility index (Phi) is 2.44. The molecule has 0 radical (unpaired) electrons. The summed E-state index contributed by atoms with van der Waals surface area (Å²) in [7, 11) is 0. The normalized spacial score (nSPS) is 29.1. The van der Waals surface area contributed by atoms with Crippen LogP contribution in [0.15, 0.2) is 18.3 Å². The van der Waals surface area contributed by atoms with E-state index in [2.05, 4.69) is 9.88 Å². The van der Waals surface area contributed by atoms with Crippen LogP contribution in [0, 0.1) is 11.8 Å². The molecule has 0 saturated carbocycles. The third kappa shape index (κ3) is 1.73. The van der Waals surface area contributed by atoms with Gasteiger partial charge < -0.3 is 15.4 Å². The fraction of sp³-hybridized carbons (Fsp3) is 0.583. The number of fused-ring (bicyclic) bond motifs is 1. The van der Waals surface area contributed by atoms with Gasteiger partial charge in [-0.25, -0.2) is 4.98 Å². The van der Waals surface area contributed by atoms with E-state index in [-0.39, 0.29) is 0 Å². The summed E-state index contributed by atoms with van der Waals surface area (Å²) in [4.78, 5) is 6.72. The largest absolute Gasteiger partial charge is 0.397 e. The number of ether oxygens (including phenoxy) is 1. The van der Waals surface area contributed by atoms with Crippen LogP contribution >= 0.6 is 0 Å². The second kappa shape index (κ2) is 3.94. The minimum Gasteiger partial charge on any atom is -0.397 e. The van der Waals surface area contributed by atoms with E-state index in [0.29, 0.717) is 5.92 Å². The van der Waals surface area contributed by atoms with Crippen molar-refractivity contribution < 1.29 is 4.74 Å². The Hall–Kier alpha value is -1.29. The van der Waals surface area contributed by atoms with Crippen LogP contribution in [-0.4, -0.2) is 31.3 Å². The van der Waals surface area contributed by atoms with E-state index in [1.54, 1.807) is 6.20 Å². The lowest BCUT2D eigenvalue weighted by Gasteiger charge is -2.34. The number of hydrogen-bond acceptors (Lipinski definition) is 4. The van der Waals surface area contributed by atoms with Crippen LogP contribution in [-0.2, 0) is 4.74 Å². The molecule has 2 N–H and O–H groups in total. The van der Waals surface area contributed by atoms with Gasteiger partial charge in [-0.15, -0.1) is 0 Å². The number of anilines is 2. The number of piperidine rings is 1. The molecule has 3 rings (SSSR count). The standard InChI is InChI=1S/C12H17N3O/c13-11-1-2-12(14-5-11)15-4-3-9-7-16-8-10(9)6-15/h1-2,5,9-10H,3-4,6-8,13H2/t9-,10+/m0/s1. The number of aromatic nitrogens is 1. The van der Waals surface area contributed by atoms with Gasteiger partial charge in [-0.3, -0.25) is 0 Å². The zero-order chi connectivity index (χ0) is 11.0. The molecule has 2 aliphatic rings. The molecule has 4 heteroatoms. The molecule has 0 aromatic carbocycles.